The molecule has 2 nitrogen and oxygen atoms in total. The maximum Gasteiger partial charge on any atom is 0.0541 e. The largest absolute Gasteiger partial charge is 0.314 e. The maximum absolute atomic E-state index is 2.62. The van der Waals surface area contributed by atoms with Gasteiger partial charge in [-0.25, -0.2) is 0 Å². The van der Waals surface area contributed by atoms with Crippen LogP contribution in [0.3, 0.4) is 0 Å². The standard InChI is InChI=1S/C48H42N2/c1-47(2)39-16-8-5-13-35(39)36-27-26-34(30-41(36)47)50-45-20-12-9-17-40(45)48(3,4)42-29-32(23-28-46(42)50)31-21-24-33(25-22-31)49-43-18-10-6-14-37(43)38-15-7-11-19-44(38)49/h5-22,24-26,29-30,36H,23,27-28H2,1-4H3. The van der Waals surface area contributed by atoms with Crippen LogP contribution in [0.15, 0.2) is 162 Å². The molecule has 0 N–H and O–H groups in total. The maximum atomic E-state index is 2.62. The molecule has 2 heterocycles. The Balaban J connectivity index is 1.06. The molecule has 0 spiro atoms. The van der Waals surface area contributed by atoms with Crippen LogP contribution in [0.5, 0.6) is 0 Å². The van der Waals surface area contributed by atoms with Gasteiger partial charge in [0.2, 0.25) is 0 Å². The van der Waals surface area contributed by atoms with Gasteiger partial charge in [0.15, 0.2) is 0 Å². The first-order chi connectivity index (χ1) is 24.3. The van der Waals surface area contributed by atoms with Crippen LogP contribution in [-0.2, 0) is 10.8 Å². The van der Waals surface area contributed by atoms with Gasteiger partial charge in [-0.15, -0.1) is 0 Å². The van der Waals surface area contributed by atoms with Crippen LogP contribution in [0.1, 0.15) is 75.1 Å². The lowest BCUT2D eigenvalue weighted by molar-refractivity contribution is 0.595. The molecular weight excluding hydrogens is 605 g/mol. The summed E-state index contributed by atoms with van der Waals surface area (Å²) in [5.41, 5.74) is 17.9. The van der Waals surface area contributed by atoms with E-state index in [9.17, 15) is 0 Å². The number of rotatable bonds is 3. The van der Waals surface area contributed by atoms with Crippen molar-refractivity contribution in [3.05, 3.63) is 184 Å². The Morgan fingerprint density at radius 1 is 0.600 bits per heavy atom. The van der Waals surface area contributed by atoms with Gasteiger partial charge in [0, 0.05) is 50.3 Å². The molecule has 0 radical (unpaired) electrons. The number of allylic oxidation sites excluding steroid dienone is 7. The summed E-state index contributed by atoms with van der Waals surface area (Å²) < 4.78 is 2.41. The van der Waals surface area contributed by atoms with E-state index < -0.39 is 0 Å². The van der Waals surface area contributed by atoms with Crippen molar-refractivity contribution in [3.8, 4) is 5.69 Å². The summed E-state index contributed by atoms with van der Waals surface area (Å²) in [5.74, 6) is 0.471. The van der Waals surface area contributed by atoms with Crippen LogP contribution in [0.2, 0.25) is 0 Å². The molecule has 6 aromatic rings. The number of anilines is 1. The number of para-hydroxylation sites is 3. The Kier molecular flexibility index (Phi) is 6.26. The molecule has 1 aromatic heterocycles. The molecule has 0 amide bonds. The third-order valence-electron chi connectivity index (χ3n) is 12.3. The third-order valence-corrected chi connectivity index (χ3v) is 12.3. The van der Waals surface area contributed by atoms with Crippen molar-refractivity contribution in [2.45, 2.75) is 63.7 Å². The van der Waals surface area contributed by atoms with Gasteiger partial charge >= 0.3 is 0 Å². The minimum Gasteiger partial charge on any atom is -0.314 e. The van der Waals surface area contributed by atoms with E-state index >= 15 is 0 Å². The molecule has 1 aliphatic heterocycles. The molecule has 2 heteroatoms. The molecule has 5 aromatic carbocycles. The van der Waals surface area contributed by atoms with Gasteiger partial charge < -0.3 is 9.47 Å². The Morgan fingerprint density at radius 3 is 1.98 bits per heavy atom. The van der Waals surface area contributed by atoms with Crippen LogP contribution in [0.4, 0.5) is 5.69 Å². The van der Waals surface area contributed by atoms with Gasteiger partial charge in [-0.3, -0.25) is 0 Å². The number of aromatic nitrogens is 1. The first kappa shape index (κ1) is 29.6. The number of hydrogen-bond acceptors (Lipinski definition) is 1. The molecule has 1 unspecified atom stereocenters. The van der Waals surface area contributed by atoms with E-state index in [2.05, 4.69) is 177 Å². The van der Waals surface area contributed by atoms with Crippen molar-refractivity contribution in [1.82, 2.24) is 4.57 Å². The Labute approximate surface area is 295 Å². The first-order valence-electron chi connectivity index (χ1n) is 18.3. The van der Waals surface area contributed by atoms with Crippen LogP contribution in [0, 0.1) is 0 Å². The van der Waals surface area contributed by atoms with Crippen molar-refractivity contribution in [2.75, 3.05) is 4.90 Å². The number of benzene rings is 5. The monoisotopic (exact) mass is 646 g/mol. The summed E-state index contributed by atoms with van der Waals surface area (Å²) in [4.78, 5) is 2.62. The molecule has 50 heavy (non-hydrogen) atoms. The zero-order chi connectivity index (χ0) is 33.8. The van der Waals surface area contributed by atoms with E-state index in [4.69, 9.17) is 0 Å². The van der Waals surface area contributed by atoms with E-state index in [1.165, 1.54) is 78.0 Å². The molecule has 0 fully saturated rings. The lowest BCUT2D eigenvalue weighted by Gasteiger charge is -2.46. The highest BCUT2D eigenvalue weighted by molar-refractivity contribution is 6.09. The average molecular weight is 647 g/mol. The number of hydrogen-bond donors (Lipinski definition) is 0. The topological polar surface area (TPSA) is 8.17 Å². The van der Waals surface area contributed by atoms with Crippen molar-refractivity contribution in [2.24, 2.45) is 0 Å². The predicted molar refractivity (Wildman–Crippen MR) is 210 cm³/mol. The highest BCUT2D eigenvalue weighted by Crippen LogP contribution is 2.56. The van der Waals surface area contributed by atoms with Gasteiger partial charge in [-0.1, -0.05) is 136 Å². The molecule has 0 saturated carbocycles. The summed E-state index contributed by atoms with van der Waals surface area (Å²) in [5, 5.41) is 2.59. The fourth-order valence-electron chi connectivity index (χ4n) is 9.80. The van der Waals surface area contributed by atoms with Crippen molar-refractivity contribution >= 4 is 33.1 Å². The fraction of sp³-hybridized carbons (Fsp3) is 0.208. The van der Waals surface area contributed by atoms with E-state index in [1.807, 2.05) is 0 Å². The lowest BCUT2D eigenvalue weighted by Crippen LogP contribution is -2.37. The molecule has 10 rings (SSSR count). The highest BCUT2D eigenvalue weighted by Gasteiger charge is 2.44. The van der Waals surface area contributed by atoms with E-state index in [1.54, 1.807) is 5.57 Å². The molecule has 4 aliphatic rings. The van der Waals surface area contributed by atoms with Crippen LogP contribution < -0.4 is 4.90 Å². The third kappa shape index (κ3) is 4.08. The minimum atomic E-state index is -0.106. The molecule has 3 aliphatic carbocycles. The Bertz CT molecular complexity index is 2460. The molecular formula is C48H42N2. The SMILES string of the molecule is CC1(C)C2=CC(N3C4=C(C=C(c5ccc(-n6c7ccccc7c7ccccc76)cc5)CC4)C(C)(C)c4ccccc43)=CCC2c2ccccc21. The van der Waals surface area contributed by atoms with Crippen molar-refractivity contribution < 1.29 is 0 Å². The number of nitrogens with zero attached hydrogens (tertiary/aromatic N) is 2. The van der Waals surface area contributed by atoms with E-state index in [0.29, 0.717) is 5.92 Å². The zero-order valence-electron chi connectivity index (χ0n) is 29.4. The second-order valence-corrected chi connectivity index (χ2v) is 15.7. The summed E-state index contributed by atoms with van der Waals surface area (Å²) in [6.07, 6.45) is 10.7. The average Bonchev–Trinajstić information content (AvgIpc) is 3.60. The van der Waals surface area contributed by atoms with Gasteiger partial charge in [0.05, 0.1) is 11.0 Å². The van der Waals surface area contributed by atoms with Gasteiger partial charge in [-0.05, 0) is 89.1 Å². The zero-order valence-corrected chi connectivity index (χ0v) is 29.4. The number of fused-ring (bicyclic) bond motifs is 7. The second-order valence-electron chi connectivity index (χ2n) is 15.7. The molecule has 1 atom stereocenters. The van der Waals surface area contributed by atoms with Crippen LogP contribution in [0.25, 0.3) is 33.1 Å². The summed E-state index contributed by atoms with van der Waals surface area (Å²) in [6, 6.07) is 45.0. The van der Waals surface area contributed by atoms with Gasteiger partial charge in [0.1, 0.15) is 0 Å². The van der Waals surface area contributed by atoms with Crippen LogP contribution >= 0.6 is 0 Å². The Morgan fingerprint density at radius 2 is 1.24 bits per heavy atom. The smallest absolute Gasteiger partial charge is 0.0541 e. The van der Waals surface area contributed by atoms with E-state index in [0.717, 1.165) is 19.3 Å². The molecule has 0 bridgehead atoms. The van der Waals surface area contributed by atoms with Gasteiger partial charge in [-0.2, -0.15) is 0 Å². The second kappa shape index (κ2) is 10.6. The van der Waals surface area contributed by atoms with Crippen molar-refractivity contribution in [1.29, 1.82) is 0 Å². The first-order valence-corrected chi connectivity index (χ1v) is 18.3. The normalized spacial score (nSPS) is 20.1. The van der Waals surface area contributed by atoms with E-state index in [-0.39, 0.29) is 10.8 Å². The Hall–Kier alpha value is -5.34. The lowest BCUT2D eigenvalue weighted by atomic mass is 9.69. The molecule has 244 valence electrons. The van der Waals surface area contributed by atoms with Crippen molar-refractivity contribution in [3.63, 3.8) is 0 Å². The fourth-order valence-corrected chi connectivity index (χ4v) is 9.80. The summed E-state index contributed by atoms with van der Waals surface area (Å²) >= 11 is 0. The molecule has 0 saturated heterocycles. The minimum absolute atomic E-state index is 0.0254. The predicted octanol–water partition coefficient (Wildman–Crippen LogP) is 12.3. The summed E-state index contributed by atoms with van der Waals surface area (Å²) in [6.45, 7) is 9.68. The highest BCUT2D eigenvalue weighted by atomic mass is 15.2. The van der Waals surface area contributed by atoms with Gasteiger partial charge in [0.25, 0.3) is 0 Å². The quantitative estimate of drug-likeness (QED) is 0.186. The summed E-state index contributed by atoms with van der Waals surface area (Å²) in [7, 11) is 0. The van der Waals surface area contributed by atoms with Crippen LogP contribution in [-0.4, -0.2) is 4.57 Å².